The lowest BCUT2D eigenvalue weighted by molar-refractivity contribution is 0.386. The first kappa shape index (κ1) is 15.1. The Labute approximate surface area is 127 Å². The second-order valence-corrected chi connectivity index (χ2v) is 7.07. The minimum absolute atomic E-state index is 0.0272. The van der Waals surface area contributed by atoms with E-state index in [-0.39, 0.29) is 23.0 Å². The van der Waals surface area contributed by atoms with Crippen molar-refractivity contribution in [3.05, 3.63) is 59.9 Å². The van der Waals surface area contributed by atoms with Crippen molar-refractivity contribution in [2.45, 2.75) is 30.3 Å². The lowest BCUT2D eigenvalue weighted by Gasteiger charge is -2.22. The number of nitrogens with zero attached hydrogens (tertiary/aromatic N) is 2. The van der Waals surface area contributed by atoms with Crippen molar-refractivity contribution in [1.29, 1.82) is 0 Å². The van der Waals surface area contributed by atoms with E-state index >= 15 is 0 Å². The molecule has 0 bridgehead atoms. The van der Waals surface area contributed by atoms with Crippen LogP contribution in [0.4, 0.5) is 8.78 Å². The summed E-state index contributed by atoms with van der Waals surface area (Å²) >= 11 is 0. The van der Waals surface area contributed by atoms with Gasteiger partial charge in [-0.3, -0.25) is 4.98 Å². The van der Waals surface area contributed by atoms with Gasteiger partial charge in [0.05, 0.1) is 0 Å². The van der Waals surface area contributed by atoms with Crippen LogP contribution in [0, 0.1) is 11.6 Å². The molecule has 1 heterocycles. The molecule has 0 saturated heterocycles. The van der Waals surface area contributed by atoms with E-state index in [9.17, 15) is 17.2 Å². The van der Waals surface area contributed by atoms with Crippen LogP contribution in [-0.4, -0.2) is 23.7 Å². The monoisotopic (exact) mass is 324 g/mol. The van der Waals surface area contributed by atoms with Gasteiger partial charge in [-0.15, -0.1) is 0 Å². The van der Waals surface area contributed by atoms with Crippen molar-refractivity contribution in [3.8, 4) is 0 Å². The molecular formula is C15H14F2N2O2S. The highest BCUT2D eigenvalue weighted by molar-refractivity contribution is 7.89. The topological polar surface area (TPSA) is 50.3 Å². The highest BCUT2D eigenvalue weighted by Gasteiger charge is 2.38. The molecule has 2 aromatic rings. The lowest BCUT2D eigenvalue weighted by Crippen LogP contribution is -2.33. The zero-order valence-electron chi connectivity index (χ0n) is 11.6. The normalized spacial score (nSPS) is 15.2. The van der Waals surface area contributed by atoms with Gasteiger partial charge in [0.1, 0.15) is 4.90 Å². The summed E-state index contributed by atoms with van der Waals surface area (Å²) < 4.78 is 53.7. The molecule has 0 atom stereocenters. The molecule has 0 aliphatic heterocycles. The van der Waals surface area contributed by atoms with E-state index in [1.807, 2.05) is 0 Å². The van der Waals surface area contributed by atoms with Crippen molar-refractivity contribution in [2.75, 3.05) is 0 Å². The average molecular weight is 324 g/mol. The van der Waals surface area contributed by atoms with E-state index in [0.29, 0.717) is 0 Å². The van der Waals surface area contributed by atoms with Gasteiger partial charge in [-0.25, -0.2) is 17.2 Å². The Morgan fingerprint density at radius 2 is 1.95 bits per heavy atom. The first-order valence-corrected chi connectivity index (χ1v) is 8.29. The van der Waals surface area contributed by atoms with Gasteiger partial charge in [0.2, 0.25) is 10.0 Å². The van der Waals surface area contributed by atoms with Crippen LogP contribution < -0.4 is 0 Å². The second-order valence-electron chi connectivity index (χ2n) is 5.18. The zero-order chi connectivity index (χ0) is 15.7. The molecule has 1 aromatic heterocycles. The molecule has 0 amide bonds. The summed E-state index contributed by atoms with van der Waals surface area (Å²) in [6.45, 7) is -0.189. The van der Waals surface area contributed by atoms with Gasteiger partial charge in [-0.05, 0) is 31.0 Å². The van der Waals surface area contributed by atoms with Gasteiger partial charge in [0.15, 0.2) is 11.6 Å². The minimum Gasteiger partial charge on any atom is -0.263 e. The van der Waals surface area contributed by atoms with Crippen LogP contribution in [0.15, 0.2) is 47.6 Å². The molecule has 0 spiro atoms. The van der Waals surface area contributed by atoms with Crippen LogP contribution >= 0.6 is 0 Å². The molecule has 22 heavy (non-hydrogen) atoms. The number of aromatic nitrogens is 1. The van der Waals surface area contributed by atoms with Crippen molar-refractivity contribution < 1.29 is 17.2 Å². The van der Waals surface area contributed by atoms with Crippen LogP contribution in [0.25, 0.3) is 0 Å². The SMILES string of the molecule is O=S(=O)(c1cccnc1)N(Cc1cccc(F)c1F)C1CC1. The second kappa shape index (κ2) is 5.73. The van der Waals surface area contributed by atoms with Crippen molar-refractivity contribution in [3.63, 3.8) is 0 Å². The summed E-state index contributed by atoms with van der Waals surface area (Å²) in [7, 11) is -3.78. The summed E-state index contributed by atoms with van der Waals surface area (Å²) in [5.74, 6) is -1.98. The van der Waals surface area contributed by atoms with Gasteiger partial charge in [-0.2, -0.15) is 4.31 Å². The van der Waals surface area contributed by atoms with Gasteiger partial charge in [0, 0.05) is 30.5 Å². The Morgan fingerprint density at radius 1 is 1.18 bits per heavy atom. The van der Waals surface area contributed by atoms with Crippen LogP contribution in [0.1, 0.15) is 18.4 Å². The molecule has 0 N–H and O–H groups in total. The Hall–Kier alpha value is -1.86. The molecular weight excluding hydrogens is 310 g/mol. The Morgan fingerprint density at radius 3 is 2.59 bits per heavy atom. The number of halogens is 2. The van der Waals surface area contributed by atoms with E-state index < -0.39 is 21.7 Å². The van der Waals surface area contributed by atoms with Gasteiger partial charge >= 0.3 is 0 Å². The fourth-order valence-corrected chi connectivity index (χ4v) is 3.87. The van der Waals surface area contributed by atoms with Crippen molar-refractivity contribution in [1.82, 2.24) is 9.29 Å². The van der Waals surface area contributed by atoms with Crippen molar-refractivity contribution >= 4 is 10.0 Å². The van der Waals surface area contributed by atoms with Gasteiger partial charge in [-0.1, -0.05) is 12.1 Å². The van der Waals surface area contributed by atoms with Crippen molar-refractivity contribution in [2.24, 2.45) is 0 Å². The largest absolute Gasteiger partial charge is 0.263 e. The number of hydrogen-bond donors (Lipinski definition) is 0. The zero-order valence-corrected chi connectivity index (χ0v) is 12.4. The molecule has 3 rings (SSSR count). The first-order chi connectivity index (χ1) is 10.5. The third-order valence-electron chi connectivity index (χ3n) is 3.55. The van der Waals surface area contributed by atoms with Crippen LogP contribution in [0.3, 0.4) is 0 Å². The third-order valence-corrected chi connectivity index (χ3v) is 5.43. The van der Waals surface area contributed by atoms with Crippen LogP contribution in [-0.2, 0) is 16.6 Å². The predicted octanol–water partition coefficient (Wildman–Crippen LogP) is 2.71. The standard InChI is InChI=1S/C15H14F2N2O2S/c16-14-5-1-3-11(15(14)17)10-19(12-6-7-12)22(20,21)13-4-2-8-18-9-13/h1-5,8-9,12H,6-7,10H2. The fourth-order valence-electron chi connectivity index (χ4n) is 2.25. The van der Waals surface area contributed by atoms with E-state index in [0.717, 1.165) is 18.9 Å². The quantitative estimate of drug-likeness (QED) is 0.850. The maximum absolute atomic E-state index is 13.8. The number of benzene rings is 1. The van der Waals surface area contributed by atoms with Gasteiger partial charge in [0.25, 0.3) is 0 Å². The Balaban J connectivity index is 1.96. The maximum Gasteiger partial charge on any atom is 0.245 e. The summed E-state index contributed by atoms with van der Waals surface area (Å²) in [5.41, 5.74) is 0.0272. The molecule has 116 valence electrons. The number of pyridine rings is 1. The summed E-state index contributed by atoms with van der Waals surface area (Å²) in [4.78, 5) is 3.87. The number of hydrogen-bond acceptors (Lipinski definition) is 3. The highest BCUT2D eigenvalue weighted by atomic mass is 32.2. The Bertz CT molecular complexity index is 777. The minimum atomic E-state index is -3.78. The lowest BCUT2D eigenvalue weighted by atomic mass is 10.2. The van der Waals surface area contributed by atoms with E-state index in [2.05, 4.69) is 4.98 Å². The van der Waals surface area contributed by atoms with Gasteiger partial charge < -0.3 is 0 Å². The molecule has 0 radical (unpaired) electrons. The van der Waals surface area contributed by atoms with Crippen LogP contribution in [0.2, 0.25) is 0 Å². The molecule has 4 nitrogen and oxygen atoms in total. The number of sulfonamides is 1. The molecule has 1 aromatic carbocycles. The molecule has 1 fully saturated rings. The average Bonchev–Trinajstić information content (AvgIpc) is 3.34. The Kier molecular flexibility index (Phi) is 3.92. The molecule has 1 aliphatic carbocycles. The number of rotatable bonds is 5. The first-order valence-electron chi connectivity index (χ1n) is 6.85. The van der Waals surface area contributed by atoms with E-state index in [1.165, 1.54) is 41.0 Å². The summed E-state index contributed by atoms with van der Waals surface area (Å²) in [6.07, 6.45) is 4.17. The summed E-state index contributed by atoms with van der Waals surface area (Å²) in [6, 6.07) is 6.58. The van der Waals surface area contributed by atoms with Crippen LogP contribution in [0.5, 0.6) is 0 Å². The molecule has 0 unspecified atom stereocenters. The highest BCUT2D eigenvalue weighted by Crippen LogP contribution is 2.33. The summed E-state index contributed by atoms with van der Waals surface area (Å²) in [5, 5.41) is 0. The molecule has 7 heteroatoms. The molecule has 1 saturated carbocycles. The predicted molar refractivity (Wildman–Crippen MR) is 76.3 cm³/mol. The fraction of sp³-hybridized carbons (Fsp3) is 0.267. The van der Waals surface area contributed by atoms with E-state index in [4.69, 9.17) is 0 Å². The maximum atomic E-state index is 13.8. The van der Waals surface area contributed by atoms with E-state index in [1.54, 1.807) is 0 Å². The smallest absolute Gasteiger partial charge is 0.245 e. The third kappa shape index (κ3) is 2.86. The molecule has 1 aliphatic rings.